The zero-order valence-corrected chi connectivity index (χ0v) is 10.2. The average molecular weight is 226 g/mol. The lowest BCUT2D eigenvalue weighted by Gasteiger charge is -2.06. The first kappa shape index (κ1) is 11.8. The largest absolute Gasteiger partial charge is 0.336 e. The van der Waals surface area contributed by atoms with Crippen molar-refractivity contribution in [3.8, 4) is 12.3 Å². The topological polar surface area (TPSA) is 30.9 Å². The van der Waals surface area contributed by atoms with Gasteiger partial charge in [0.25, 0.3) is 0 Å². The number of para-hydroxylation sites is 1. The van der Waals surface area contributed by atoms with E-state index in [1.165, 1.54) is 16.5 Å². The molecule has 0 radical (unpaired) electrons. The van der Waals surface area contributed by atoms with Crippen LogP contribution in [0.1, 0.15) is 18.9 Å². The molecule has 1 unspecified atom stereocenters. The highest BCUT2D eigenvalue weighted by Crippen LogP contribution is 2.22. The van der Waals surface area contributed by atoms with Crippen LogP contribution in [0.3, 0.4) is 0 Å². The lowest BCUT2D eigenvalue weighted by Crippen LogP contribution is -2.21. The van der Waals surface area contributed by atoms with Crippen molar-refractivity contribution in [3.63, 3.8) is 0 Å². The van der Waals surface area contributed by atoms with Crippen LogP contribution in [0.4, 0.5) is 0 Å². The Labute approximate surface area is 102 Å². The van der Waals surface area contributed by atoms with Gasteiger partial charge in [-0.15, -0.1) is 6.42 Å². The minimum Gasteiger partial charge on any atom is -0.336 e. The maximum absolute atomic E-state index is 6.03. The van der Waals surface area contributed by atoms with Crippen LogP contribution in [-0.4, -0.2) is 10.6 Å². The summed E-state index contributed by atoms with van der Waals surface area (Å²) in [6.45, 7) is 2.73. The van der Waals surface area contributed by atoms with E-state index in [0.717, 1.165) is 12.8 Å². The van der Waals surface area contributed by atoms with Crippen molar-refractivity contribution >= 4 is 10.9 Å². The molecule has 0 saturated heterocycles. The molecule has 2 rings (SSSR count). The normalized spacial score (nSPS) is 12.5. The van der Waals surface area contributed by atoms with Gasteiger partial charge in [-0.05, 0) is 24.5 Å². The van der Waals surface area contributed by atoms with Gasteiger partial charge in [-0.25, -0.2) is 0 Å². The Hall–Kier alpha value is -1.72. The Kier molecular flexibility index (Phi) is 3.51. The summed E-state index contributed by atoms with van der Waals surface area (Å²) in [4.78, 5) is 0. The SMILES string of the molecule is C#CCn1cc(CC(N)CC)c2ccccc21. The molecule has 2 nitrogen and oxygen atoms in total. The number of hydrogen-bond donors (Lipinski definition) is 1. The van der Waals surface area contributed by atoms with Gasteiger partial charge in [-0.3, -0.25) is 0 Å². The minimum absolute atomic E-state index is 0.222. The second-order valence-electron chi connectivity index (χ2n) is 4.38. The predicted molar refractivity (Wildman–Crippen MR) is 72.7 cm³/mol. The molecule has 1 aromatic carbocycles. The average Bonchev–Trinajstić information content (AvgIpc) is 2.69. The summed E-state index contributed by atoms with van der Waals surface area (Å²) in [6.07, 6.45) is 9.44. The molecule has 2 N–H and O–H groups in total. The van der Waals surface area contributed by atoms with Gasteiger partial charge in [-0.2, -0.15) is 0 Å². The minimum atomic E-state index is 0.222. The van der Waals surface area contributed by atoms with E-state index >= 15 is 0 Å². The molecule has 0 aliphatic heterocycles. The number of fused-ring (bicyclic) bond motifs is 1. The van der Waals surface area contributed by atoms with Crippen LogP contribution < -0.4 is 5.73 Å². The van der Waals surface area contributed by atoms with Crippen molar-refractivity contribution in [2.24, 2.45) is 5.73 Å². The monoisotopic (exact) mass is 226 g/mol. The van der Waals surface area contributed by atoms with Gasteiger partial charge in [0.2, 0.25) is 0 Å². The van der Waals surface area contributed by atoms with Gasteiger partial charge >= 0.3 is 0 Å². The van der Waals surface area contributed by atoms with E-state index in [2.05, 4.69) is 41.8 Å². The quantitative estimate of drug-likeness (QED) is 0.798. The molecule has 1 aromatic heterocycles. The summed E-state index contributed by atoms with van der Waals surface area (Å²) in [7, 11) is 0. The second kappa shape index (κ2) is 5.07. The van der Waals surface area contributed by atoms with Crippen molar-refractivity contribution in [3.05, 3.63) is 36.0 Å². The number of rotatable bonds is 4. The number of aromatic nitrogens is 1. The zero-order valence-electron chi connectivity index (χ0n) is 10.2. The molecule has 88 valence electrons. The Morgan fingerprint density at radius 1 is 1.41 bits per heavy atom. The molecule has 0 aliphatic rings. The molecule has 0 bridgehead atoms. The third-order valence-electron chi connectivity index (χ3n) is 3.14. The lowest BCUT2D eigenvalue weighted by atomic mass is 10.0. The fraction of sp³-hybridized carbons (Fsp3) is 0.333. The molecule has 0 amide bonds. The summed E-state index contributed by atoms with van der Waals surface area (Å²) in [5.41, 5.74) is 8.52. The predicted octanol–water partition coefficient (Wildman–Crippen LogP) is 2.55. The molecule has 0 saturated carbocycles. The van der Waals surface area contributed by atoms with Gasteiger partial charge in [0.15, 0.2) is 0 Å². The molecule has 1 heterocycles. The summed E-state index contributed by atoms with van der Waals surface area (Å²) >= 11 is 0. The van der Waals surface area contributed by atoms with Gasteiger partial charge in [-0.1, -0.05) is 31.0 Å². The van der Waals surface area contributed by atoms with Gasteiger partial charge in [0, 0.05) is 23.1 Å². The molecule has 0 fully saturated rings. The van der Waals surface area contributed by atoms with E-state index in [4.69, 9.17) is 12.2 Å². The first-order valence-electron chi connectivity index (χ1n) is 6.02. The van der Waals surface area contributed by atoms with E-state index in [9.17, 15) is 0 Å². The summed E-state index contributed by atoms with van der Waals surface area (Å²) in [6, 6.07) is 8.57. The van der Waals surface area contributed by atoms with Crippen molar-refractivity contribution in [1.29, 1.82) is 0 Å². The summed E-state index contributed by atoms with van der Waals surface area (Å²) in [5.74, 6) is 2.69. The Bertz CT molecular complexity index is 546. The second-order valence-corrected chi connectivity index (χ2v) is 4.38. The number of nitrogens with two attached hydrogens (primary N) is 1. The first-order valence-corrected chi connectivity index (χ1v) is 6.02. The lowest BCUT2D eigenvalue weighted by molar-refractivity contribution is 0.647. The molecule has 0 spiro atoms. The van der Waals surface area contributed by atoms with Crippen molar-refractivity contribution in [2.75, 3.05) is 0 Å². The highest BCUT2D eigenvalue weighted by Gasteiger charge is 2.09. The molecule has 2 heteroatoms. The van der Waals surface area contributed by atoms with Crippen molar-refractivity contribution in [2.45, 2.75) is 32.4 Å². The summed E-state index contributed by atoms with van der Waals surface area (Å²) in [5, 5.41) is 1.27. The molecule has 0 aliphatic carbocycles. The van der Waals surface area contributed by atoms with Gasteiger partial charge < -0.3 is 10.3 Å². The maximum atomic E-state index is 6.03. The van der Waals surface area contributed by atoms with Crippen LogP contribution in [0.5, 0.6) is 0 Å². The molecular weight excluding hydrogens is 208 g/mol. The summed E-state index contributed by atoms with van der Waals surface area (Å²) < 4.78 is 2.12. The van der Waals surface area contributed by atoms with Crippen LogP contribution in [0.25, 0.3) is 10.9 Å². The van der Waals surface area contributed by atoms with E-state index in [1.807, 2.05) is 6.07 Å². The Morgan fingerprint density at radius 2 is 2.18 bits per heavy atom. The maximum Gasteiger partial charge on any atom is 0.0835 e. The number of benzene rings is 1. The number of nitrogens with zero attached hydrogens (tertiary/aromatic N) is 1. The van der Waals surface area contributed by atoms with E-state index in [0.29, 0.717) is 6.54 Å². The fourth-order valence-electron chi connectivity index (χ4n) is 2.14. The van der Waals surface area contributed by atoms with Crippen molar-refractivity contribution < 1.29 is 0 Å². The highest BCUT2D eigenvalue weighted by atomic mass is 14.9. The van der Waals surface area contributed by atoms with E-state index < -0.39 is 0 Å². The Morgan fingerprint density at radius 3 is 2.88 bits per heavy atom. The standard InChI is InChI=1S/C15H18N2/c1-3-9-17-11-12(10-13(16)4-2)14-7-5-6-8-15(14)17/h1,5-8,11,13H,4,9-10,16H2,2H3. The van der Waals surface area contributed by atoms with Crippen LogP contribution in [0.2, 0.25) is 0 Å². The highest BCUT2D eigenvalue weighted by molar-refractivity contribution is 5.84. The van der Waals surface area contributed by atoms with Crippen LogP contribution in [-0.2, 0) is 13.0 Å². The molecule has 2 aromatic rings. The first-order chi connectivity index (χ1) is 8.26. The smallest absolute Gasteiger partial charge is 0.0835 e. The van der Waals surface area contributed by atoms with Crippen LogP contribution in [0.15, 0.2) is 30.5 Å². The molecule has 1 atom stereocenters. The van der Waals surface area contributed by atoms with E-state index in [1.54, 1.807) is 0 Å². The fourth-order valence-corrected chi connectivity index (χ4v) is 2.14. The molecular formula is C15H18N2. The van der Waals surface area contributed by atoms with Gasteiger partial charge in [0.1, 0.15) is 0 Å². The third kappa shape index (κ3) is 2.35. The zero-order chi connectivity index (χ0) is 12.3. The van der Waals surface area contributed by atoms with Crippen LogP contribution in [0, 0.1) is 12.3 Å². The van der Waals surface area contributed by atoms with Crippen molar-refractivity contribution in [1.82, 2.24) is 4.57 Å². The van der Waals surface area contributed by atoms with Crippen LogP contribution >= 0.6 is 0 Å². The van der Waals surface area contributed by atoms with Gasteiger partial charge in [0.05, 0.1) is 6.54 Å². The van der Waals surface area contributed by atoms with E-state index in [-0.39, 0.29) is 6.04 Å². The number of terminal acetylenes is 1. The Balaban J connectivity index is 2.45. The molecule has 17 heavy (non-hydrogen) atoms. The third-order valence-corrected chi connectivity index (χ3v) is 3.14. The number of hydrogen-bond acceptors (Lipinski definition) is 1.